The first-order valence-corrected chi connectivity index (χ1v) is 11.9. The fourth-order valence-corrected chi connectivity index (χ4v) is 5.50. The van der Waals surface area contributed by atoms with Crippen molar-refractivity contribution in [2.24, 2.45) is 0 Å². The molecule has 1 atom stereocenters. The maximum Gasteiger partial charge on any atom is 0.254 e. The van der Waals surface area contributed by atoms with Gasteiger partial charge in [0.2, 0.25) is 10.0 Å². The van der Waals surface area contributed by atoms with Crippen LogP contribution in [0, 0.1) is 0 Å². The normalized spacial score (nSPS) is 18.5. The second-order valence-electron chi connectivity index (χ2n) is 8.16. The first-order chi connectivity index (χ1) is 14.0. The zero-order chi connectivity index (χ0) is 20.4. The molecule has 29 heavy (non-hydrogen) atoms. The molecule has 2 aromatic carbocycles. The second-order valence-corrected chi connectivity index (χ2v) is 9.88. The summed E-state index contributed by atoms with van der Waals surface area (Å²) in [6, 6.07) is 16.2. The minimum atomic E-state index is -3.73. The van der Waals surface area contributed by atoms with Gasteiger partial charge < -0.3 is 4.90 Å². The smallest absolute Gasteiger partial charge is 0.254 e. The Morgan fingerprint density at radius 2 is 1.62 bits per heavy atom. The van der Waals surface area contributed by atoms with Crippen LogP contribution < -0.4 is 4.72 Å². The van der Waals surface area contributed by atoms with Gasteiger partial charge in [-0.15, -0.1) is 0 Å². The Morgan fingerprint density at radius 3 is 2.28 bits per heavy atom. The number of nitrogens with zero attached hydrogens (tertiary/aromatic N) is 1. The zero-order valence-corrected chi connectivity index (χ0v) is 17.6. The van der Waals surface area contributed by atoms with E-state index in [0.29, 0.717) is 17.6 Å². The molecule has 0 aliphatic heterocycles. The summed E-state index contributed by atoms with van der Waals surface area (Å²) in [5.74, 6) is -0.0347. The molecule has 1 amide bonds. The summed E-state index contributed by atoms with van der Waals surface area (Å²) < 4.78 is 28.6. The summed E-state index contributed by atoms with van der Waals surface area (Å²) in [7, 11) is -3.73. The minimum Gasteiger partial charge on any atom is -0.333 e. The Kier molecular flexibility index (Phi) is 5.74. The van der Waals surface area contributed by atoms with Gasteiger partial charge in [-0.3, -0.25) is 4.79 Å². The van der Waals surface area contributed by atoms with Crippen molar-refractivity contribution < 1.29 is 13.2 Å². The molecule has 0 radical (unpaired) electrons. The van der Waals surface area contributed by atoms with Crippen molar-refractivity contribution in [1.82, 2.24) is 9.62 Å². The van der Waals surface area contributed by atoms with E-state index in [4.69, 9.17) is 0 Å². The highest BCUT2D eigenvalue weighted by atomic mass is 32.2. The molecule has 6 heteroatoms. The summed E-state index contributed by atoms with van der Waals surface area (Å²) in [6.45, 7) is 1.82. The summed E-state index contributed by atoms with van der Waals surface area (Å²) >= 11 is 0. The SMILES string of the molecule is CC(NS(=O)(=O)c1cccc(C(=O)N(C2CCCC2)C2CC2)c1)c1ccccc1. The molecule has 2 aliphatic rings. The lowest BCUT2D eigenvalue weighted by atomic mass is 10.1. The van der Waals surface area contributed by atoms with Crippen LogP contribution in [-0.2, 0) is 10.0 Å². The molecule has 2 fully saturated rings. The summed E-state index contributed by atoms with van der Waals surface area (Å²) in [6.07, 6.45) is 6.53. The van der Waals surface area contributed by atoms with Gasteiger partial charge in [-0.25, -0.2) is 13.1 Å². The molecule has 4 rings (SSSR count). The fourth-order valence-electron chi connectivity index (χ4n) is 4.22. The number of carbonyl (C=O) groups excluding carboxylic acids is 1. The van der Waals surface area contributed by atoms with E-state index in [1.54, 1.807) is 18.2 Å². The van der Waals surface area contributed by atoms with Crippen LogP contribution >= 0.6 is 0 Å². The van der Waals surface area contributed by atoms with Crippen LogP contribution in [0.3, 0.4) is 0 Å². The van der Waals surface area contributed by atoms with E-state index in [1.165, 1.54) is 6.07 Å². The molecule has 0 saturated heterocycles. The summed E-state index contributed by atoms with van der Waals surface area (Å²) in [5, 5.41) is 0. The van der Waals surface area contributed by atoms with Crippen molar-refractivity contribution in [2.45, 2.75) is 68.5 Å². The Balaban J connectivity index is 1.55. The first-order valence-electron chi connectivity index (χ1n) is 10.5. The van der Waals surface area contributed by atoms with E-state index in [-0.39, 0.29) is 16.8 Å². The van der Waals surface area contributed by atoms with Gasteiger partial charge in [-0.05, 0) is 56.4 Å². The van der Waals surface area contributed by atoms with Crippen molar-refractivity contribution in [3.8, 4) is 0 Å². The number of carbonyl (C=O) groups is 1. The maximum atomic E-state index is 13.2. The molecule has 0 aromatic heterocycles. The summed E-state index contributed by atoms with van der Waals surface area (Å²) in [5.41, 5.74) is 1.35. The quantitative estimate of drug-likeness (QED) is 0.738. The third-order valence-electron chi connectivity index (χ3n) is 5.92. The average Bonchev–Trinajstić information content (AvgIpc) is 3.42. The monoisotopic (exact) mass is 412 g/mol. The van der Waals surface area contributed by atoms with Crippen molar-refractivity contribution in [2.75, 3.05) is 0 Å². The maximum absolute atomic E-state index is 13.2. The molecular weight excluding hydrogens is 384 g/mol. The van der Waals surface area contributed by atoms with Gasteiger partial charge in [0, 0.05) is 23.7 Å². The van der Waals surface area contributed by atoms with E-state index < -0.39 is 10.0 Å². The number of hydrogen-bond acceptors (Lipinski definition) is 3. The van der Waals surface area contributed by atoms with Crippen LogP contribution in [0.4, 0.5) is 0 Å². The molecule has 0 bridgehead atoms. The first kappa shape index (κ1) is 20.1. The summed E-state index contributed by atoms with van der Waals surface area (Å²) in [4.78, 5) is 15.4. The molecule has 2 aliphatic carbocycles. The highest BCUT2D eigenvalue weighted by molar-refractivity contribution is 7.89. The number of benzene rings is 2. The lowest BCUT2D eigenvalue weighted by molar-refractivity contribution is 0.0664. The Morgan fingerprint density at radius 1 is 0.966 bits per heavy atom. The van der Waals surface area contributed by atoms with Gasteiger partial charge >= 0.3 is 0 Å². The Hall–Kier alpha value is -2.18. The second kappa shape index (κ2) is 8.28. The number of amides is 1. The largest absolute Gasteiger partial charge is 0.333 e. The van der Waals surface area contributed by atoms with Crippen LogP contribution in [0.2, 0.25) is 0 Å². The fraction of sp³-hybridized carbons (Fsp3) is 0.435. The van der Waals surface area contributed by atoms with Gasteiger partial charge in [-0.2, -0.15) is 0 Å². The van der Waals surface area contributed by atoms with E-state index >= 15 is 0 Å². The van der Waals surface area contributed by atoms with E-state index in [1.807, 2.05) is 42.2 Å². The standard InChI is InChI=1S/C23H28N2O3S/c1-17(18-8-3-2-4-9-18)24-29(27,28)22-13-7-10-19(16-22)23(26)25(21-14-15-21)20-11-5-6-12-20/h2-4,7-10,13,16-17,20-21,24H,5-6,11-12,14-15H2,1H3. The lowest BCUT2D eigenvalue weighted by Gasteiger charge is -2.29. The number of hydrogen-bond donors (Lipinski definition) is 1. The highest BCUT2D eigenvalue weighted by Crippen LogP contribution is 2.35. The van der Waals surface area contributed by atoms with Gasteiger partial charge in [-0.1, -0.05) is 49.2 Å². The van der Waals surface area contributed by atoms with Crippen molar-refractivity contribution >= 4 is 15.9 Å². The van der Waals surface area contributed by atoms with Gasteiger partial charge in [0.15, 0.2) is 0 Å². The van der Waals surface area contributed by atoms with E-state index in [9.17, 15) is 13.2 Å². The predicted octanol–water partition coefficient (Wildman–Crippen LogP) is 4.27. The molecular formula is C23H28N2O3S. The van der Waals surface area contributed by atoms with Gasteiger partial charge in [0.25, 0.3) is 5.91 Å². The van der Waals surface area contributed by atoms with Gasteiger partial charge in [0.1, 0.15) is 0 Å². The molecule has 1 unspecified atom stereocenters. The van der Waals surface area contributed by atoms with E-state index in [2.05, 4.69) is 4.72 Å². The molecule has 2 saturated carbocycles. The Bertz CT molecular complexity index is 965. The number of sulfonamides is 1. The lowest BCUT2D eigenvalue weighted by Crippen LogP contribution is -2.40. The minimum absolute atomic E-state index is 0.0347. The topological polar surface area (TPSA) is 66.5 Å². The molecule has 2 aromatic rings. The molecule has 154 valence electrons. The molecule has 1 N–H and O–H groups in total. The van der Waals surface area contributed by atoms with Crippen molar-refractivity contribution in [1.29, 1.82) is 0 Å². The third kappa shape index (κ3) is 4.54. The van der Waals surface area contributed by atoms with Crippen LogP contribution in [0.1, 0.15) is 67.4 Å². The van der Waals surface area contributed by atoms with Crippen LogP contribution in [-0.4, -0.2) is 31.3 Å². The van der Waals surface area contributed by atoms with E-state index in [0.717, 1.165) is 44.1 Å². The molecule has 0 heterocycles. The Labute approximate surface area is 173 Å². The highest BCUT2D eigenvalue weighted by Gasteiger charge is 2.38. The van der Waals surface area contributed by atoms with Crippen molar-refractivity contribution in [3.63, 3.8) is 0 Å². The number of nitrogens with one attached hydrogen (secondary N) is 1. The van der Waals surface area contributed by atoms with Crippen molar-refractivity contribution in [3.05, 3.63) is 65.7 Å². The van der Waals surface area contributed by atoms with Crippen LogP contribution in [0.15, 0.2) is 59.5 Å². The number of rotatable bonds is 7. The third-order valence-corrected chi connectivity index (χ3v) is 7.45. The van der Waals surface area contributed by atoms with Crippen LogP contribution in [0.5, 0.6) is 0 Å². The molecule has 0 spiro atoms. The predicted molar refractivity (Wildman–Crippen MR) is 113 cm³/mol. The average molecular weight is 413 g/mol. The zero-order valence-electron chi connectivity index (χ0n) is 16.8. The molecule has 5 nitrogen and oxygen atoms in total. The van der Waals surface area contributed by atoms with Crippen LogP contribution in [0.25, 0.3) is 0 Å². The van der Waals surface area contributed by atoms with Gasteiger partial charge in [0.05, 0.1) is 4.90 Å².